The molecular weight excluding hydrogens is 232 g/mol. The highest BCUT2D eigenvalue weighted by Gasteiger charge is 2.00. The molecule has 0 aliphatic carbocycles. The van der Waals surface area contributed by atoms with E-state index in [0.717, 1.165) is 17.8 Å². The van der Waals surface area contributed by atoms with Gasteiger partial charge in [0.1, 0.15) is 0 Å². The fourth-order valence-electron chi connectivity index (χ4n) is 1.72. The Hall–Kier alpha value is -1.54. The van der Waals surface area contributed by atoms with Crippen molar-refractivity contribution in [3.05, 3.63) is 59.4 Å². The summed E-state index contributed by atoms with van der Waals surface area (Å²) < 4.78 is 0. The number of anilines is 1. The Morgan fingerprint density at radius 3 is 2.82 bits per heavy atom. The minimum Gasteiger partial charge on any atom is -0.381 e. The molecule has 2 nitrogen and oxygen atoms in total. The lowest BCUT2D eigenvalue weighted by Gasteiger charge is -2.10. The lowest BCUT2D eigenvalue weighted by molar-refractivity contribution is 1.09. The van der Waals surface area contributed by atoms with Crippen LogP contribution in [0.2, 0.25) is 0 Å². The van der Waals surface area contributed by atoms with Crippen LogP contribution in [0.3, 0.4) is 0 Å². The molecule has 88 valence electrons. The number of nitrogens with zero attached hydrogens (tertiary/aromatic N) is 1. The zero-order valence-corrected chi connectivity index (χ0v) is 10.5. The number of halogens is 1. The standard InChI is InChI=1S/C14H15ClN2/c1-11-6-12(9-16-8-11)10-17-14-5-3-2-4-13(14)7-15/h2-6,8-9,17H,7,10H2,1H3. The molecule has 1 aromatic heterocycles. The van der Waals surface area contributed by atoms with Crippen molar-refractivity contribution >= 4 is 17.3 Å². The summed E-state index contributed by atoms with van der Waals surface area (Å²) in [5, 5.41) is 3.38. The molecule has 0 aliphatic rings. The fourth-order valence-corrected chi connectivity index (χ4v) is 1.95. The van der Waals surface area contributed by atoms with E-state index in [9.17, 15) is 0 Å². The lowest BCUT2D eigenvalue weighted by Crippen LogP contribution is -2.02. The van der Waals surface area contributed by atoms with Crippen molar-refractivity contribution in [3.63, 3.8) is 0 Å². The molecule has 0 radical (unpaired) electrons. The summed E-state index contributed by atoms with van der Waals surface area (Å²) in [6, 6.07) is 10.2. The maximum Gasteiger partial charge on any atom is 0.0494 e. The highest BCUT2D eigenvalue weighted by Crippen LogP contribution is 2.17. The summed E-state index contributed by atoms with van der Waals surface area (Å²) in [6.45, 7) is 2.81. The summed E-state index contributed by atoms with van der Waals surface area (Å²) >= 11 is 5.89. The van der Waals surface area contributed by atoms with Crippen molar-refractivity contribution in [2.75, 3.05) is 5.32 Å². The van der Waals surface area contributed by atoms with E-state index in [2.05, 4.69) is 16.4 Å². The summed E-state index contributed by atoms with van der Waals surface area (Å²) in [4.78, 5) is 4.17. The van der Waals surface area contributed by atoms with Gasteiger partial charge in [0.05, 0.1) is 0 Å². The monoisotopic (exact) mass is 246 g/mol. The van der Waals surface area contributed by atoms with Crippen molar-refractivity contribution in [3.8, 4) is 0 Å². The van der Waals surface area contributed by atoms with Gasteiger partial charge >= 0.3 is 0 Å². The normalized spacial score (nSPS) is 10.2. The van der Waals surface area contributed by atoms with Gasteiger partial charge in [0.2, 0.25) is 0 Å². The van der Waals surface area contributed by atoms with Gasteiger partial charge in [-0.25, -0.2) is 0 Å². The molecule has 0 amide bonds. The van der Waals surface area contributed by atoms with E-state index in [1.807, 2.05) is 43.6 Å². The van der Waals surface area contributed by atoms with Gasteiger partial charge in [0.15, 0.2) is 0 Å². The van der Waals surface area contributed by atoms with Crippen molar-refractivity contribution in [2.24, 2.45) is 0 Å². The molecule has 0 saturated heterocycles. The van der Waals surface area contributed by atoms with Crippen LogP contribution < -0.4 is 5.32 Å². The molecular formula is C14H15ClN2. The Bertz CT molecular complexity index is 497. The second kappa shape index (κ2) is 5.69. The van der Waals surface area contributed by atoms with E-state index in [-0.39, 0.29) is 0 Å². The maximum absolute atomic E-state index is 5.89. The molecule has 0 saturated carbocycles. The molecule has 0 bridgehead atoms. The highest BCUT2D eigenvalue weighted by atomic mass is 35.5. The number of nitrogens with one attached hydrogen (secondary N) is 1. The number of para-hydroxylation sites is 1. The van der Waals surface area contributed by atoms with E-state index in [4.69, 9.17) is 11.6 Å². The first-order valence-corrected chi connectivity index (χ1v) is 6.11. The molecule has 17 heavy (non-hydrogen) atoms. The van der Waals surface area contributed by atoms with Gasteiger partial charge in [-0.2, -0.15) is 0 Å². The van der Waals surface area contributed by atoms with Gasteiger partial charge in [-0.05, 0) is 29.7 Å². The number of hydrogen-bond donors (Lipinski definition) is 1. The number of alkyl halides is 1. The van der Waals surface area contributed by atoms with E-state index in [0.29, 0.717) is 5.88 Å². The molecule has 0 spiro atoms. The van der Waals surface area contributed by atoms with Crippen molar-refractivity contribution < 1.29 is 0 Å². The van der Waals surface area contributed by atoms with Crippen LogP contribution in [-0.2, 0) is 12.4 Å². The number of aryl methyl sites for hydroxylation is 1. The van der Waals surface area contributed by atoms with E-state index < -0.39 is 0 Å². The second-order valence-electron chi connectivity index (χ2n) is 4.01. The summed E-state index contributed by atoms with van der Waals surface area (Å²) in [6.07, 6.45) is 3.74. The quantitative estimate of drug-likeness (QED) is 0.832. The molecule has 1 N–H and O–H groups in total. The first kappa shape index (κ1) is 11.9. The van der Waals surface area contributed by atoms with Crippen LogP contribution in [0.1, 0.15) is 16.7 Å². The van der Waals surface area contributed by atoms with Crippen molar-refractivity contribution in [1.29, 1.82) is 0 Å². The van der Waals surface area contributed by atoms with Crippen molar-refractivity contribution in [1.82, 2.24) is 4.98 Å². The Balaban J connectivity index is 2.07. The van der Waals surface area contributed by atoms with E-state index in [1.165, 1.54) is 11.1 Å². The molecule has 1 heterocycles. The Kier molecular flexibility index (Phi) is 3.99. The number of pyridine rings is 1. The van der Waals surface area contributed by atoms with Gasteiger partial charge in [-0.3, -0.25) is 4.98 Å². The van der Waals surface area contributed by atoms with Crippen LogP contribution in [0.15, 0.2) is 42.7 Å². The number of rotatable bonds is 4. The van der Waals surface area contributed by atoms with Gasteiger partial charge in [-0.1, -0.05) is 24.3 Å². The van der Waals surface area contributed by atoms with E-state index in [1.54, 1.807) is 0 Å². The fraction of sp³-hybridized carbons (Fsp3) is 0.214. The minimum atomic E-state index is 0.523. The number of benzene rings is 1. The zero-order valence-electron chi connectivity index (χ0n) is 9.78. The summed E-state index contributed by atoms with van der Waals surface area (Å²) in [5.74, 6) is 0.523. The SMILES string of the molecule is Cc1cncc(CNc2ccccc2CCl)c1. The Labute approximate surface area is 107 Å². The molecule has 2 rings (SSSR count). The van der Waals surface area contributed by atoms with Crippen LogP contribution >= 0.6 is 11.6 Å². The molecule has 1 aromatic carbocycles. The molecule has 2 aromatic rings. The van der Waals surface area contributed by atoms with E-state index >= 15 is 0 Å². The molecule has 0 aliphatic heterocycles. The molecule has 3 heteroatoms. The highest BCUT2D eigenvalue weighted by molar-refractivity contribution is 6.17. The van der Waals surface area contributed by atoms with Gasteiger partial charge in [0.25, 0.3) is 0 Å². The third-order valence-electron chi connectivity index (χ3n) is 2.58. The Morgan fingerprint density at radius 2 is 2.06 bits per heavy atom. The predicted molar refractivity (Wildman–Crippen MR) is 72.3 cm³/mol. The first-order valence-electron chi connectivity index (χ1n) is 5.58. The lowest BCUT2D eigenvalue weighted by atomic mass is 10.2. The van der Waals surface area contributed by atoms with Crippen LogP contribution in [0.4, 0.5) is 5.69 Å². The average molecular weight is 247 g/mol. The van der Waals surface area contributed by atoms with Crippen molar-refractivity contribution in [2.45, 2.75) is 19.3 Å². The van der Waals surface area contributed by atoms with Crippen LogP contribution in [-0.4, -0.2) is 4.98 Å². The third kappa shape index (κ3) is 3.21. The first-order chi connectivity index (χ1) is 8.29. The predicted octanol–water partition coefficient (Wildman–Crippen LogP) is 3.74. The summed E-state index contributed by atoms with van der Waals surface area (Å²) in [5.41, 5.74) is 4.56. The minimum absolute atomic E-state index is 0.523. The number of hydrogen-bond acceptors (Lipinski definition) is 2. The largest absolute Gasteiger partial charge is 0.381 e. The molecule has 0 atom stereocenters. The van der Waals surface area contributed by atoms with Crippen LogP contribution in [0, 0.1) is 6.92 Å². The smallest absolute Gasteiger partial charge is 0.0494 e. The Morgan fingerprint density at radius 1 is 1.24 bits per heavy atom. The van der Waals surface area contributed by atoms with Gasteiger partial charge < -0.3 is 5.32 Å². The zero-order chi connectivity index (χ0) is 12.1. The third-order valence-corrected chi connectivity index (χ3v) is 2.86. The topological polar surface area (TPSA) is 24.9 Å². The summed E-state index contributed by atoms with van der Waals surface area (Å²) in [7, 11) is 0. The van der Waals surface area contributed by atoms with Gasteiger partial charge in [0, 0.05) is 30.5 Å². The molecule has 0 unspecified atom stereocenters. The van der Waals surface area contributed by atoms with Crippen LogP contribution in [0.5, 0.6) is 0 Å². The van der Waals surface area contributed by atoms with Crippen LogP contribution in [0.25, 0.3) is 0 Å². The average Bonchev–Trinajstić information content (AvgIpc) is 2.37. The van der Waals surface area contributed by atoms with Gasteiger partial charge in [-0.15, -0.1) is 11.6 Å². The maximum atomic E-state index is 5.89. The molecule has 0 fully saturated rings. The number of aromatic nitrogens is 1. The second-order valence-corrected chi connectivity index (χ2v) is 4.28.